The molecule has 0 saturated heterocycles. The van der Waals surface area contributed by atoms with Crippen LogP contribution in [-0.4, -0.2) is 39.0 Å². The van der Waals surface area contributed by atoms with Crippen LogP contribution in [0.1, 0.15) is 41.0 Å². The highest BCUT2D eigenvalue weighted by Gasteiger charge is 2.17. The summed E-state index contributed by atoms with van der Waals surface area (Å²) >= 11 is 0. The van der Waals surface area contributed by atoms with Gasteiger partial charge in [-0.05, 0) is 6.42 Å². The van der Waals surface area contributed by atoms with Crippen molar-refractivity contribution in [2.45, 2.75) is 47.1 Å². The molecule has 0 bridgehead atoms. The van der Waals surface area contributed by atoms with Crippen molar-refractivity contribution in [1.82, 2.24) is 5.32 Å². The molecule has 0 aromatic rings. The lowest BCUT2D eigenvalue weighted by Gasteiger charge is -2.26. The van der Waals surface area contributed by atoms with Crippen molar-refractivity contribution in [3.63, 3.8) is 0 Å². The molecule has 3 nitrogen and oxygen atoms in total. The summed E-state index contributed by atoms with van der Waals surface area (Å²) in [5, 5.41) is 3.44. The van der Waals surface area contributed by atoms with E-state index in [4.69, 9.17) is 9.47 Å². The van der Waals surface area contributed by atoms with Gasteiger partial charge in [-0.15, -0.1) is 0 Å². The molecule has 0 aliphatic carbocycles. The summed E-state index contributed by atoms with van der Waals surface area (Å²) in [6.07, 6.45) is 1.07. The van der Waals surface area contributed by atoms with Crippen molar-refractivity contribution in [1.29, 1.82) is 0 Å². The summed E-state index contributed by atoms with van der Waals surface area (Å²) in [5.41, 5.74) is 0.190. The third kappa shape index (κ3) is 10.4. The largest absolute Gasteiger partial charge is 0.379 e. The van der Waals surface area contributed by atoms with Gasteiger partial charge in [-0.1, -0.05) is 34.6 Å². The van der Waals surface area contributed by atoms with E-state index in [0.717, 1.165) is 26.2 Å². The van der Waals surface area contributed by atoms with Crippen LogP contribution in [0.4, 0.5) is 0 Å². The molecule has 0 heterocycles. The molecule has 0 unspecified atom stereocenters. The summed E-state index contributed by atoms with van der Waals surface area (Å²) in [5.74, 6) is 0. The van der Waals surface area contributed by atoms with E-state index in [2.05, 4.69) is 39.9 Å². The van der Waals surface area contributed by atoms with Crippen molar-refractivity contribution in [3.05, 3.63) is 0 Å². The van der Waals surface area contributed by atoms with E-state index >= 15 is 0 Å². The second-order valence-corrected chi connectivity index (χ2v) is 5.36. The molecule has 0 aliphatic rings. The van der Waals surface area contributed by atoms with Crippen molar-refractivity contribution >= 4 is 0 Å². The summed E-state index contributed by atoms with van der Waals surface area (Å²) in [6.45, 7) is 14.9. The van der Waals surface area contributed by atoms with Gasteiger partial charge in [-0.25, -0.2) is 0 Å². The van der Waals surface area contributed by atoms with Gasteiger partial charge in [0.25, 0.3) is 0 Å². The van der Waals surface area contributed by atoms with Gasteiger partial charge in [-0.2, -0.15) is 0 Å². The fourth-order valence-electron chi connectivity index (χ4n) is 1.24. The molecule has 16 heavy (non-hydrogen) atoms. The average Bonchev–Trinajstić information content (AvgIpc) is 2.21. The molecule has 0 aliphatic heterocycles. The third-order valence-electron chi connectivity index (χ3n) is 2.20. The highest BCUT2D eigenvalue weighted by Crippen LogP contribution is 2.13. The predicted octanol–water partition coefficient (Wildman–Crippen LogP) is 2.45. The Bertz CT molecular complexity index is 158. The molecule has 0 atom stereocenters. The maximum absolute atomic E-state index is 5.61. The van der Waals surface area contributed by atoms with Gasteiger partial charge in [0.1, 0.15) is 0 Å². The highest BCUT2D eigenvalue weighted by molar-refractivity contribution is 4.72. The van der Waals surface area contributed by atoms with E-state index in [-0.39, 0.29) is 5.41 Å². The first-order chi connectivity index (χ1) is 7.48. The summed E-state index contributed by atoms with van der Waals surface area (Å²) in [4.78, 5) is 0. The van der Waals surface area contributed by atoms with E-state index in [9.17, 15) is 0 Å². The second-order valence-electron chi connectivity index (χ2n) is 5.36. The van der Waals surface area contributed by atoms with Crippen molar-refractivity contribution in [2.24, 2.45) is 5.41 Å². The van der Waals surface area contributed by atoms with Crippen molar-refractivity contribution in [2.75, 3.05) is 33.0 Å². The van der Waals surface area contributed by atoms with Gasteiger partial charge in [0.15, 0.2) is 0 Å². The van der Waals surface area contributed by atoms with Crippen LogP contribution in [0.15, 0.2) is 0 Å². The van der Waals surface area contributed by atoms with Crippen LogP contribution < -0.4 is 5.32 Å². The Hall–Kier alpha value is -0.120. The predicted molar refractivity (Wildman–Crippen MR) is 68.8 cm³/mol. The Kier molecular flexibility index (Phi) is 8.90. The van der Waals surface area contributed by atoms with Gasteiger partial charge in [0.2, 0.25) is 0 Å². The quantitative estimate of drug-likeness (QED) is 0.586. The molecular formula is C13H29NO2. The lowest BCUT2D eigenvalue weighted by molar-refractivity contribution is 0.0147. The van der Waals surface area contributed by atoms with Crippen molar-refractivity contribution < 1.29 is 9.47 Å². The smallest absolute Gasteiger partial charge is 0.0700 e. The Morgan fingerprint density at radius 2 is 1.69 bits per heavy atom. The minimum atomic E-state index is 0.190. The monoisotopic (exact) mass is 231 g/mol. The first-order valence-corrected chi connectivity index (χ1v) is 6.37. The van der Waals surface area contributed by atoms with Gasteiger partial charge < -0.3 is 14.8 Å². The first-order valence-electron chi connectivity index (χ1n) is 6.37. The van der Waals surface area contributed by atoms with E-state index < -0.39 is 0 Å². The number of hydrogen-bond acceptors (Lipinski definition) is 3. The molecule has 0 saturated carbocycles. The molecule has 0 aromatic heterocycles. The maximum atomic E-state index is 5.61. The van der Waals surface area contributed by atoms with Crippen LogP contribution >= 0.6 is 0 Å². The van der Waals surface area contributed by atoms with Crippen LogP contribution in [0.2, 0.25) is 0 Å². The Balaban J connectivity index is 3.42. The van der Waals surface area contributed by atoms with Crippen LogP contribution in [-0.2, 0) is 9.47 Å². The zero-order chi connectivity index (χ0) is 12.4. The zero-order valence-electron chi connectivity index (χ0n) is 11.6. The topological polar surface area (TPSA) is 30.5 Å². The fourth-order valence-corrected chi connectivity index (χ4v) is 1.24. The van der Waals surface area contributed by atoms with Gasteiger partial charge in [-0.3, -0.25) is 0 Å². The van der Waals surface area contributed by atoms with Gasteiger partial charge >= 0.3 is 0 Å². The second kappa shape index (κ2) is 8.97. The molecule has 3 heteroatoms. The molecule has 0 aromatic carbocycles. The highest BCUT2D eigenvalue weighted by atomic mass is 16.5. The Morgan fingerprint density at radius 3 is 2.25 bits per heavy atom. The van der Waals surface area contributed by atoms with Gasteiger partial charge in [0.05, 0.1) is 19.8 Å². The molecule has 0 fully saturated rings. The molecule has 98 valence electrons. The van der Waals surface area contributed by atoms with Crippen LogP contribution in [0.3, 0.4) is 0 Å². The van der Waals surface area contributed by atoms with Crippen LogP contribution in [0.5, 0.6) is 0 Å². The SMILES string of the molecule is CCCOCCOCC(C)(C)CNC(C)C. The zero-order valence-corrected chi connectivity index (χ0v) is 11.6. The Labute approximate surface area is 101 Å². The normalized spacial score (nSPS) is 12.4. The molecule has 0 spiro atoms. The molecule has 0 radical (unpaired) electrons. The average molecular weight is 231 g/mol. The first kappa shape index (κ1) is 15.9. The Morgan fingerprint density at radius 1 is 1.06 bits per heavy atom. The lowest BCUT2D eigenvalue weighted by atomic mass is 9.94. The standard InChI is InChI=1S/C13H29NO2/c1-6-7-15-8-9-16-11-13(4,5)10-14-12(2)3/h12,14H,6-11H2,1-5H3. The molecule has 0 rings (SSSR count). The molecule has 1 N–H and O–H groups in total. The van der Waals surface area contributed by atoms with E-state index in [1.54, 1.807) is 0 Å². The molecule has 0 amide bonds. The van der Waals surface area contributed by atoms with Crippen LogP contribution in [0.25, 0.3) is 0 Å². The number of rotatable bonds is 10. The minimum absolute atomic E-state index is 0.190. The summed E-state index contributed by atoms with van der Waals surface area (Å²) in [7, 11) is 0. The number of ether oxygens (including phenoxy) is 2. The molecular weight excluding hydrogens is 202 g/mol. The maximum Gasteiger partial charge on any atom is 0.0700 e. The lowest BCUT2D eigenvalue weighted by Crippen LogP contribution is -2.37. The minimum Gasteiger partial charge on any atom is -0.379 e. The number of nitrogens with one attached hydrogen (secondary N) is 1. The number of hydrogen-bond donors (Lipinski definition) is 1. The summed E-state index contributed by atoms with van der Waals surface area (Å²) < 4.78 is 11.0. The third-order valence-corrected chi connectivity index (χ3v) is 2.20. The fraction of sp³-hybridized carbons (Fsp3) is 1.00. The summed E-state index contributed by atoms with van der Waals surface area (Å²) in [6, 6.07) is 0.534. The van der Waals surface area contributed by atoms with Crippen molar-refractivity contribution in [3.8, 4) is 0 Å². The van der Waals surface area contributed by atoms with Crippen LogP contribution in [0, 0.1) is 5.41 Å². The van der Waals surface area contributed by atoms with E-state index in [1.807, 2.05) is 0 Å². The van der Waals surface area contributed by atoms with E-state index in [0.29, 0.717) is 19.3 Å². The van der Waals surface area contributed by atoms with E-state index in [1.165, 1.54) is 0 Å². The van der Waals surface area contributed by atoms with Gasteiger partial charge in [0, 0.05) is 24.6 Å².